The third-order valence-electron chi connectivity index (χ3n) is 2.93. The highest BCUT2D eigenvalue weighted by molar-refractivity contribution is 5.19. The SMILES string of the molecule is C1=COCC(c2ccccc2)CCCC1. The number of ether oxygens (including phenoxy) is 1. The Kier molecular flexibility index (Phi) is 3.84. The maximum absolute atomic E-state index is 5.54. The lowest BCUT2D eigenvalue weighted by Gasteiger charge is -2.15. The molecule has 1 aliphatic rings. The molecule has 1 unspecified atom stereocenters. The summed E-state index contributed by atoms with van der Waals surface area (Å²) < 4.78 is 5.54. The van der Waals surface area contributed by atoms with Crippen LogP contribution in [-0.2, 0) is 4.74 Å². The molecule has 1 aromatic carbocycles. The molecule has 1 aliphatic heterocycles. The van der Waals surface area contributed by atoms with Gasteiger partial charge in [-0.25, -0.2) is 0 Å². The Labute approximate surface area is 91.8 Å². The molecule has 0 bridgehead atoms. The van der Waals surface area contributed by atoms with E-state index >= 15 is 0 Å². The van der Waals surface area contributed by atoms with Crippen molar-refractivity contribution in [3.05, 3.63) is 48.2 Å². The lowest BCUT2D eigenvalue weighted by molar-refractivity contribution is 0.222. The zero-order valence-electron chi connectivity index (χ0n) is 9.06. The molecule has 0 saturated carbocycles. The molecule has 2 rings (SSSR count). The van der Waals surface area contributed by atoms with Crippen LogP contribution >= 0.6 is 0 Å². The summed E-state index contributed by atoms with van der Waals surface area (Å²) in [6.07, 6.45) is 8.97. The lowest BCUT2D eigenvalue weighted by atomic mass is 9.94. The topological polar surface area (TPSA) is 9.23 Å². The van der Waals surface area contributed by atoms with Crippen molar-refractivity contribution in [1.29, 1.82) is 0 Å². The minimum Gasteiger partial charge on any atom is -0.501 e. The van der Waals surface area contributed by atoms with E-state index in [1.165, 1.54) is 24.8 Å². The highest BCUT2D eigenvalue weighted by Crippen LogP contribution is 2.23. The van der Waals surface area contributed by atoms with Crippen LogP contribution in [0.2, 0.25) is 0 Å². The van der Waals surface area contributed by atoms with Gasteiger partial charge in [-0.15, -0.1) is 0 Å². The van der Waals surface area contributed by atoms with Crippen molar-refractivity contribution in [3.63, 3.8) is 0 Å². The molecule has 80 valence electrons. The first-order chi connectivity index (χ1) is 7.47. The second-order valence-corrected chi connectivity index (χ2v) is 4.10. The van der Waals surface area contributed by atoms with Crippen molar-refractivity contribution in [2.24, 2.45) is 0 Å². The fraction of sp³-hybridized carbons (Fsp3) is 0.429. The first-order valence-corrected chi connectivity index (χ1v) is 5.78. The van der Waals surface area contributed by atoms with E-state index in [1.807, 2.05) is 6.26 Å². The van der Waals surface area contributed by atoms with E-state index in [-0.39, 0.29) is 0 Å². The normalized spacial score (nSPS) is 22.3. The van der Waals surface area contributed by atoms with Crippen molar-refractivity contribution in [2.45, 2.75) is 31.6 Å². The van der Waals surface area contributed by atoms with Crippen LogP contribution in [0.5, 0.6) is 0 Å². The van der Waals surface area contributed by atoms with E-state index in [0.29, 0.717) is 5.92 Å². The first-order valence-electron chi connectivity index (χ1n) is 5.78. The van der Waals surface area contributed by atoms with E-state index in [2.05, 4.69) is 36.4 Å². The van der Waals surface area contributed by atoms with E-state index < -0.39 is 0 Å². The van der Waals surface area contributed by atoms with Crippen LogP contribution in [0, 0.1) is 0 Å². The van der Waals surface area contributed by atoms with Crippen LogP contribution in [0.4, 0.5) is 0 Å². The second-order valence-electron chi connectivity index (χ2n) is 4.10. The van der Waals surface area contributed by atoms with Gasteiger partial charge in [-0.05, 0) is 30.9 Å². The zero-order chi connectivity index (χ0) is 10.3. The van der Waals surface area contributed by atoms with Gasteiger partial charge in [0.1, 0.15) is 0 Å². The molecule has 0 radical (unpaired) electrons. The fourth-order valence-corrected chi connectivity index (χ4v) is 2.03. The van der Waals surface area contributed by atoms with Crippen molar-refractivity contribution in [3.8, 4) is 0 Å². The molecule has 0 aromatic heterocycles. The average Bonchev–Trinajstić information content (AvgIpc) is 2.43. The molecule has 0 N–H and O–H groups in total. The first kappa shape index (κ1) is 10.3. The Morgan fingerprint density at radius 2 is 1.93 bits per heavy atom. The minimum absolute atomic E-state index is 0.564. The summed E-state index contributed by atoms with van der Waals surface area (Å²) in [5, 5.41) is 0. The minimum atomic E-state index is 0.564. The standard InChI is InChI=1S/C14H18O/c1-2-7-11-15-12-14(10-4-1)13-8-5-3-6-9-13/h3,5-9,11,14H,1-2,4,10,12H2. The number of benzene rings is 1. The van der Waals surface area contributed by atoms with Gasteiger partial charge >= 0.3 is 0 Å². The molecular weight excluding hydrogens is 184 g/mol. The van der Waals surface area contributed by atoms with Crippen LogP contribution in [0.15, 0.2) is 42.7 Å². The Balaban J connectivity index is 2.03. The van der Waals surface area contributed by atoms with Crippen LogP contribution in [0.1, 0.15) is 37.2 Å². The largest absolute Gasteiger partial charge is 0.501 e. The van der Waals surface area contributed by atoms with Crippen molar-refractivity contribution < 1.29 is 4.74 Å². The summed E-state index contributed by atoms with van der Waals surface area (Å²) in [6, 6.07) is 10.7. The predicted molar refractivity (Wildman–Crippen MR) is 62.7 cm³/mol. The molecule has 0 fully saturated rings. The third kappa shape index (κ3) is 3.12. The van der Waals surface area contributed by atoms with Gasteiger partial charge in [0.15, 0.2) is 0 Å². The Bertz CT molecular complexity index is 302. The van der Waals surface area contributed by atoms with Gasteiger partial charge in [-0.3, -0.25) is 0 Å². The fourth-order valence-electron chi connectivity index (χ4n) is 2.03. The Hall–Kier alpha value is -1.24. The van der Waals surface area contributed by atoms with Gasteiger partial charge in [0.2, 0.25) is 0 Å². The van der Waals surface area contributed by atoms with E-state index in [9.17, 15) is 0 Å². The number of hydrogen-bond acceptors (Lipinski definition) is 1. The molecule has 1 aromatic rings. The molecule has 1 heterocycles. The van der Waals surface area contributed by atoms with Crippen molar-refractivity contribution in [2.75, 3.05) is 6.61 Å². The second kappa shape index (κ2) is 5.59. The summed E-state index contributed by atoms with van der Waals surface area (Å²) in [5.41, 5.74) is 1.41. The zero-order valence-corrected chi connectivity index (χ0v) is 9.06. The molecule has 0 aliphatic carbocycles. The van der Waals surface area contributed by atoms with E-state index in [4.69, 9.17) is 4.74 Å². The van der Waals surface area contributed by atoms with Gasteiger partial charge in [-0.2, -0.15) is 0 Å². The highest BCUT2D eigenvalue weighted by atomic mass is 16.5. The van der Waals surface area contributed by atoms with Crippen LogP contribution in [0.25, 0.3) is 0 Å². The highest BCUT2D eigenvalue weighted by Gasteiger charge is 2.11. The van der Waals surface area contributed by atoms with Crippen LogP contribution < -0.4 is 0 Å². The predicted octanol–water partition coefficient (Wildman–Crippen LogP) is 3.87. The summed E-state index contributed by atoms with van der Waals surface area (Å²) >= 11 is 0. The summed E-state index contributed by atoms with van der Waals surface area (Å²) in [5.74, 6) is 0.564. The summed E-state index contributed by atoms with van der Waals surface area (Å²) in [7, 11) is 0. The average molecular weight is 202 g/mol. The van der Waals surface area contributed by atoms with Gasteiger partial charge < -0.3 is 4.74 Å². The molecule has 0 spiro atoms. The lowest BCUT2D eigenvalue weighted by Crippen LogP contribution is -2.05. The van der Waals surface area contributed by atoms with Crippen molar-refractivity contribution in [1.82, 2.24) is 0 Å². The van der Waals surface area contributed by atoms with Gasteiger partial charge in [-0.1, -0.05) is 36.8 Å². The molecular formula is C14H18O. The smallest absolute Gasteiger partial charge is 0.0941 e. The quantitative estimate of drug-likeness (QED) is 0.671. The molecule has 0 saturated heterocycles. The van der Waals surface area contributed by atoms with Gasteiger partial charge in [0.25, 0.3) is 0 Å². The Morgan fingerprint density at radius 3 is 2.80 bits per heavy atom. The maximum atomic E-state index is 5.54. The summed E-state index contributed by atoms with van der Waals surface area (Å²) in [4.78, 5) is 0. The Morgan fingerprint density at radius 1 is 1.07 bits per heavy atom. The van der Waals surface area contributed by atoms with Crippen molar-refractivity contribution >= 4 is 0 Å². The van der Waals surface area contributed by atoms with Gasteiger partial charge in [0, 0.05) is 5.92 Å². The maximum Gasteiger partial charge on any atom is 0.0941 e. The monoisotopic (exact) mass is 202 g/mol. The van der Waals surface area contributed by atoms with E-state index in [1.54, 1.807) is 0 Å². The molecule has 1 heteroatoms. The third-order valence-corrected chi connectivity index (χ3v) is 2.93. The molecule has 1 atom stereocenters. The van der Waals surface area contributed by atoms with Crippen LogP contribution in [-0.4, -0.2) is 6.61 Å². The van der Waals surface area contributed by atoms with E-state index in [0.717, 1.165) is 13.0 Å². The summed E-state index contributed by atoms with van der Waals surface area (Å²) in [6.45, 7) is 0.820. The number of allylic oxidation sites excluding steroid dienone is 1. The molecule has 15 heavy (non-hydrogen) atoms. The molecule has 0 amide bonds. The molecule has 1 nitrogen and oxygen atoms in total. The number of rotatable bonds is 1. The number of hydrogen-bond donors (Lipinski definition) is 0. The van der Waals surface area contributed by atoms with Crippen LogP contribution in [0.3, 0.4) is 0 Å². The van der Waals surface area contributed by atoms with Gasteiger partial charge in [0.05, 0.1) is 12.9 Å².